The Morgan fingerprint density at radius 3 is 2.83 bits per heavy atom. The monoisotopic (exact) mass is 331 g/mol. The number of amides is 1. The summed E-state index contributed by atoms with van der Waals surface area (Å²) in [5.74, 6) is 4.27. The van der Waals surface area contributed by atoms with Crippen molar-refractivity contribution in [3.8, 4) is 23.8 Å². The largest absolute Gasteiger partial charge is 0.493 e. The molecule has 1 atom stereocenters. The van der Waals surface area contributed by atoms with Crippen LogP contribution in [0.5, 0.6) is 11.5 Å². The van der Waals surface area contributed by atoms with E-state index in [-0.39, 0.29) is 5.91 Å². The van der Waals surface area contributed by atoms with E-state index in [9.17, 15) is 4.79 Å². The highest BCUT2D eigenvalue weighted by Crippen LogP contribution is 2.28. The van der Waals surface area contributed by atoms with Crippen LogP contribution in [0, 0.1) is 18.3 Å². The van der Waals surface area contributed by atoms with Crippen molar-refractivity contribution in [3.63, 3.8) is 0 Å². The fraction of sp³-hybridized carbons (Fsp3) is 0.526. The van der Waals surface area contributed by atoms with Crippen molar-refractivity contribution in [2.75, 3.05) is 40.5 Å². The number of likely N-dealkylation sites (tertiary alicyclic amines) is 1. The Hall–Kier alpha value is -2.19. The molecule has 0 aromatic heterocycles. The first-order valence-electron chi connectivity index (χ1n) is 8.17. The predicted octanol–water partition coefficient (Wildman–Crippen LogP) is 2.13. The Balaban J connectivity index is 1.93. The normalized spacial score (nSPS) is 17.2. The molecule has 1 heterocycles. The minimum atomic E-state index is 0.129. The van der Waals surface area contributed by atoms with Crippen LogP contribution in [0.3, 0.4) is 0 Å². The highest BCUT2D eigenvalue weighted by molar-refractivity contribution is 5.79. The molecule has 1 aliphatic heterocycles. The van der Waals surface area contributed by atoms with Crippen LogP contribution in [-0.2, 0) is 16.0 Å². The lowest BCUT2D eigenvalue weighted by atomic mass is 9.98. The van der Waals surface area contributed by atoms with E-state index in [1.54, 1.807) is 14.2 Å². The second kappa shape index (κ2) is 9.19. The maximum Gasteiger partial charge on any atom is 0.227 e. The summed E-state index contributed by atoms with van der Waals surface area (Å²) in [4.78, 5) is 14.5. The van der Waals surface area contributed by atoms with Gasteiger partial charge >= 0.3 is 0 Å². The average Bonchev–Trinajstić information content (AvgIpc) is 2.62. The number of carbonyl (C=O) groups is 1. The summed E-state index contributed by atoms with van der Waals surface area (Å²) in [6, 6.07) is 5.58. The molecular formula is C19H25NO4. The number of hydrogen-bond acceptors (Lipinski definition) is 4. The Bertz CT molecular complexity index is 594. The molecule has 1 unspecified atom stereocenters. The van der Waals surface area contributed by atoms with E-state index < -0.39 is 0 Å². The number of hydrogen-bond donors (Lipinski definition) is 0. The molecule has 5 nitrogen and oxygen atoms in total. The summed E-state index contributed by atoms with van der Waals surface area (Å²) < 4.78 is 15.9. The van der Waals surface area contributed by atoms with Crippen molar-refractivity contribution < 1.29 is 19.0 Å². The third kappa shape index (κ3) is 4.90. The molecule has 130 valence electrons. The molecular weight excluding hydrogens is 306 g/mol. The molecule has 1 fully saturated rings. The van der Waals surface area contributed by atoms with Gasteiger partial charge < -0.3 is 19.1 Å². The lowest BCUT2D eigenvalue weighted by Crippen LogP contribution is -2.42. The molecule has 0 bridgehead atoms. The van der Waals surface area contributed by atoms with Crippen molar-refractivity contribution >= 4 is 5.91 Å². The third-order valence-electron chi connectivity index (χ3n) is 4.21. The molecule has 1 aromatic carbocycles. The highest BCUT2D eigenvalue weighted by atomic mass is 16.5. The summed E-state index contributed by atoms with van der Waals surface area (Å²) in [5, 5.41) is 0. The van der Waals surface area contributed by atoms with Gasteiger partial charge in [0.25, 0.3) is 0 Å². The van der Waals surface area contributed by atoms with E-state index in [4.69, 9.17) is 20.6 Å². The maximum atomic E-state index is 12.6. The Morgan fingerprint density at radius 2 is 2.12 bits per heavy atom. The topological polar surface area (TPSA) is 48.0 Å². The van der Waals surface area contributed by atoms with Gasteiger partial charge in [-0.25, -0.2) is 0 Å². The average molecular weight is 331 g/mol. The number of benzene rings is 1. The number of methoxy groups -OCH3 is 2. The van der Waals surface area contributed by atoms with Gasteiger partial charge in [-0.3, -0.25) is 4.79 Å². The Kier molecular flexibility index (Phi) is 6.95. The smallest absolute Gasteiger partial charge is 0.227 e. The molecule has 0 saturated carbocycles. The standard InChI is InChI=1S/C19H25NO4/c1-4-10-24-14-16-6-5-9-20(13-16)19(21)12-15-7-8-17(22-2)18(11-15)23-3/h1,7-8,11,16H,5-6,9-10,12-14H2,2-3H3. The summed E-state index contributed by atoms with van der Waals surface area (Å²) in [6.07, 6.45) is 7.63. The molecule has 1 aliphatic rings. The van der Waals surface area contributed by atoms with E-state index in [2.05, 4.69) is 5.92 Å². The molecule has 0 aliphatic carbocycles. The summed E-state index contributed by atoms with van der Waals surface area (Å²) in [7, 11) is 3.19. The third-order valence-corrected chi connectivity index (χ3v) is 4.21. The van der Waals surface area contributed by atoms with Gasteiger partial charge in [0.2, 0.25) is 5.91 Å². The van der Waals surface area contributed by atoms with E-state index in [0.29, 0.717) is 37.1 Å². The quantitative estimate of drug-likeness (QED) is 0.567. The molecule has 0 N–H and O–H groups in total. The van der Waals surface area contributed by atoms with E-state index in [1.165, 1.54) is 0 Å². The van der Waals surface area contributed by atoms with E-state index in [0.717, 1.165) is 31.5 Å². The van der Waals surface area contributed by atoms with Gasteiger partial charge in [-0.2, -0.15) is 0 Å². The number of carbonyl (C=O) groups excluding carboxylic acids is 1. The Morgan fingerprint density at radius 1 is 1.33 bits per heavy atom. The number of ether oxygens (including phenoxy) is 3. The fourth-order valence-corrected chi connectivity index (χ4v) is 2.99. The summed E-state index contributed by atoms with van der Waals surface area (Å²) in [6.45, 7) is 2.48. The molecule has 1 amide bonds. The van der Waals surface area contributed by atoms with Gasteiger partial charge in [-0.15, -0.1) is 6.42 Å². The molecule has 24 heavy (non-hydrogen) atoms. The van der Waals surface area contributed by atoms with Gasteiger partial charge in [0.15, 0.2) is 11.5 Å². The van der Waals surface area contributed by atoms with Crippen molar-refractivity contribution in [1.82, 2.24) is 4.90 Å². The molecule has 0 spiro atoms. The van der Waals surface area contributed by atoms with Crippen LogP contribution >= 0.6 is 0 Å². The second-order valence-electron chi connectivity index (χ2n) is 5.93. The zero-order chi connectivity index (χ0) is 17.4. The molecule has 0 radical (unpaired) electrons. The van der Waals surface area contributed by atoms with Gasteiger partial charge in [-0.05, 0) is 36.5 Å². The molecule has 2 rings (SSSR count). The predicted molar refractivity (Wildman–Crippen MR) is 92.2 cm³/mol. The zero-order valence-corrected chi connectivity index (χ0v) is 14.4. The summed E-state index contributed by atoms with van der Waals surface area (Å²) in [5.41, 5.74) is 0.920. The molecule has 5 heteroatoms. The van der Waals surface area contributed by atoms with Crippen LogP contribution in [0.25, 0.3) is 0 Å². The summed E-state index contributed by atoms with van der Waals surface area (Å²) >= 11 is 0. The molecule has 1 aromatic rings. The number of piperidine rings is 1. The van der Waals surface area contributed by atoms with Crippen molar-refractivity contribution in [2.45, 2.75) is 19.3 Å². The lowest BCUT2D eigenvalue weighted by molar-refractivity contribution is -0.132. The minimum Gasteiger partial charge on any atom is -0.493 e. The maximum absolute atomic E-state index is 12.6. The van der Waals surface area contributed by atoms with E-state index in [1.807, 2.05) is 23.1 Å². The van der Waals surface area contributed by atoms with Crippen molar-refractivity contribution in [3.05, 3.63) is 23.8 Å². The number of rotatable bonds is 7. The Labute approximate surface area is 143 Å². The zero-order valence-electron chi connectivity index (χ0n) is 14.4. The van der Waals surface area contributed by atoms with Crippen molar-refractivity contribution in [1.29, 1.82) is 0 Å². The fourth-order valence-electron chi connectivity index (χ4n) is 2.99. The minimum absolute atomic E-state index is 0.129. The first kappa shape index (κ1) is 18.2. The SMILES string of the molecule is C#CCOCC1CCCN(C(=O)Cc2ccc(OC)c(OC)c2)C1. The second-order valence-corrected chi connectivity index (χ2v) is 5.93. The van der Waals surface area contributed by atoms with Crippen LogP contribution in [0.15, 0.2) is 18.2 Å². The lowest BCUT2D eigenvalue weighted by Gasteiger charge is -2.32. The van der Waals surface area contributed by atoms with Crippen LogP contribution in [0.1, 0.15) is 18.4 Å². The van der Waals surface area contributed by atoms with Gasteiger partial charge in [0, 0.05) is 13.1 Å². The van der Waals surface area contributed by atoms with Crippen LogP contribution in [-0.4, -0.2) is 51.3 Å². The first-order chi connectivity index (χ1) is 11.7. The van der Waals surface area contributed by atoms with E-state index >= 15 is 0 Å². The van der Waals surface area contributed by atoms with Crippen molar-refractivity contribution in [2.24, 2.45) is 5.92 Å². The first-order valence-corrected chi connectivity index (χ1v) is 8.17. The number of terminal acetylenes is 1. The van der Waals surface area contributed by atoms with Crippen LogP contribution in [0.2, 0.25) is 0 Å². The number of nitrogens with zero attached hydrogens (tertiary/aromatic N) is 1. The van der Waals surface area contributed by atoms with Gasteiger partial charge in [0.1, 0.15) is 6.61 Å². The van der Waals surface area contributed by atoms with Gasteiger partial charge in [0.05, 0.1) is 27.2 Å². The molecule has 1 saturated heterocycles. The van der Waals surface area contributed by atoms with Gasteiger partial charge in [-0.1, -0.05) is 12.0 Å². The highest BCUT2D eigenvalue weighted by Gasteiger charge is 2.24. The van der Waals surface area contributed by atoms with Crippen LogP contribution in [0.4, 0.5) is 0 Å². The van der Waals surface area contributed by atoms with Crippen LogP contribution < -0.4 is 9.47 Å².